The Morgan fingerprint density at radius 3 is 2.86 bits per heavy atom. The van der Waals surface area contributed by atoms with Crippen LogP contribution in [0.3, 0.4) is 0 Å². The monoisotopic (exact) mass is 410 g/mol. The van der Waals surface area contributed by atoms with Crippen molar-refractivity contribution in [3.05, 3.63) is 58.5 Å². The van der Waals surface area contributed by atoms with Gasteiger partial charge in [0.05, 0.1) is 19.8 Å². The standard InChI is InChI=1S/C23H26N2O3S/c1-15-9-17-11-20(21(28-3)12-22(17)29-15)23(26)24-18-7-8-25(14-18)13-16-5-4-6-19(10-16)27-2/h4-6,9-12,18H,7-8,13-14H2,1-3H3,(H,24,26). The van der Waals surface area contributed by atoms with Gasteiger partial charge < -0.3 is 14.8 Å². The van der Waals surface area contributed by atoms with Crippen LogP contribution in [0.25, 0.3) is 10.1 Å². The first-order chi connectivity index (χ1) is 14.1. The highest BCUT2D eigenvalue weighted by atomic mass is 32.1. The molecule has 2 heterocycles. The largest absolute Gasteiger partial charge is 0.497 e. The van der Waals surface area contributed by atoms with Crippen LogP contribution in [-0.4, -0.2) is 44.2 Å². The van der Waals surface area contributed by atoms with Gasteiger partial charge in [-0.1, -0.05) is 12.1 Å². The number of benzene rings is 2. The Hall–Kier alpha value is -2.57. The molecule has 1 saturated heterocycles. The maximum atomic E-state index is 13.0. The summed E-state index contributed by atoms with van der Waals surface area (Å²) in [6, 6.07) is 14.3. The summed E-state index contributed by atoms with van der Waals surface area (Å²) in [5.41, 5.74) is 1.82. The molecule has 1 atom stereocenters. The smallest absolute Gasteiger partial charge is 0.255 e. The lowest BCUT2D eigenvalue weighted by Crippen LogP contribution is -2.37. The fourth-order valence-corrected chi connectivity index (χ4v) is 4.87. The van der Waals surface area contributed by atoms with Crippen LogP contribution in [0.1, 0.15) is 27.2 Å². The first kappa shape index (κ1) is 19.7. The van der Waals surface area contributed by atoms with Gasteiger partial charge in [-0.25, -0.2) is 0 Å². The Bertz CT molecular complexity index is 1030. The van der Waals surface area contributed by atoms with Crippen LogP contribution in [0.4, 0.5) is 0 Å². The van der Waals surface area contributed by atoms with Crippen LogP contribution in [0.5, 0.6) is 11.5 Å². The van der Waals surface area contributed by atoms with E-state index in [1.54, 1.807) is 25.6 Å². The lowest BCUT2D eigenvalue weighted by Gasteiger charge is -2.18. The number of aryl methyl sites for hydroxylation is 1. The molecule has 29 heavy (non-hydrogen) atoms. The van der Waals surface area contributed by atoms with E-state index in [0.717, 1.165) is 41.9 Å². The van der Waals surface area contributed by atoms with Crippen LogP contribution in [0, 0.1) is 6.92 Å². The molecule has 2 aromatic carbocycles. The number of hydrogen-bond acceptors (Lipinski definition) is 5. The van der Waals surface area contributed by atoms with Crippen LogP contribution < -0.4 is 14.8 Å². The van der Waals surface area contributed by atoms with Crippen LogP contribution >= 0.6 is 11.3 Å². The summed E-state index contributed by atoms with van der Waals surface area (Å²) in [7, 11) is 3.30. The highest BCUT2D eigenvalue weighted by molar-refractivity contribution is 7.19. The number of nitrogens with one attached hydrogen (secondary N) is 1. The summed E-state index contributed by atoms with van der Waals surface area (Å²) in [5.74, 6) is 1.43. The van der Waals surface area contributed by atoms with Crippen molar-refractivity contribution in [1.29, 1.82) is 0 Å². The first-order valence-electron chi connectivity index (χ1n) is 9.80. The van der Waals surface area contributed by atoms with Gasteiger partial charge in [0, 0.05) is 35.3 Å². The van der Waals surface area contributed by atoms with Crippen molar-refractivity contribution < 1.29 is 14.3 Å². The highest BCUT2D eigenvalue weighted by Gasteiger charge is 2.25. The number of hydrogen-bond donors (Lipinski definition) is 1. The predicted octanol–water partition coefficient (Wildman–Crippen LogP) is 4.23. The molecule has 1 aromatic heterocycles. The van der Waals surface area contributed by atoms with Gasteiger partial charge in [-0.05, 0) is 54.6 Å². The van der Waals surface area contributed by atoms with E-state index in [1.165, 1.54) is 10.4 Å². The minimum absolute atomic E-state index is 0.0687. The molecular formula is C23H26N2O3S. The normalized spacial score (nSPS) is 16.9. The van der Waals surface area contributed by atoms with E-state index in [1.807, 2.05) is 24.3 Å². The van der Waals surface area contributed by atoms with E-state index < -0.39 is 0 Å². The van der Waals surface area contributed by atoms with Crippen molar-refractivity contribution in [1.82, 2.24) is 10.2 Å². The van der Waals surface area contributed by atoms with Crippen molar-refractivity contribution in [2.24, 2.45) is 0 Å². The Labute approximate surface area is 175 Å². The zero-order valence-electron chi connectivity index (χ0n) is 17.0. The molecule has 3 aromatic rings. The van der Waals surface area contributed by atoms with E-state index in [4.69, 9.17) is 9.47 Å². The summed E-state index contributed by atoms with van der Waals surface area (Å²) in [5, 5.41) is 4.29. The van der Waals surface area contributed by atoms with E-state index >= 15 is 0 Å². The molecule has 1 unspecified atom stereocenters. The minimum Gasteiger partial charge on any atom is -0.497 e. The van der Waals surface area contributed by atoms with E-state index in [0.29, 0.717) is 11.3 Å². The summed E-state index contributed by atoms with van der Waals surface area (Å²) < 4.78 is 11.9. The molecule has 1 fully saturated rings. The molecule has 0 saturated carbocycles. The molecule has 0 bridgehead atoms. The Kier molecular flexibility index (Phi) is 5.74. The Balaban J connectivity index is 1.42. The van der Waals surface area contributed by atoms with Gasteiger partial charge in [-0.15, -0.1) is 11.3 Å². The average Bonchev–Trinajstić information content (AvgIpc) is 3.31. The third-order valence-electron chi connectivity index (χ3n) is 5.35. The highest BCUT2D eigenvalue weighted by Crippen LogP contribution is 2.32. The van der Waals surface area contributed by atoms with Crippen molar-refractivity contribution in [2.45, 2.75) is 25.9 Å². The molecule has 6 heteroatoms. The number of carbonyl (C=O) groups is 1. The van der Waals surface area contributed by atoms with Crippen LogP contribution in [0.15, 0.2) is 42.5 Å². The minimum atomic E-state index is -0.0687. The second-order valence-electron chi connectivity index (χ2n) is 7.49. The second kappa shape index (κ2) is 8.43. The number of thiophene rings is 1. The molecule has 0 spiro atoms. The average molecular weight is 411 g/mol. The van der Waals surface area contributed by atoms with Gasteiger partial charge in [0.1, 0.15) is 11.5 Å². The molecule has 152 valence electrons. The van der Waals surface area contributed by atoms with Crippen LogP contribution in [-0.2, 0) is 6.54 Å². The third kappa shape index (κ3) is 4.38. The van der Waals surface area contributed by atoms with Crippen molar-refractivity contribution in [2.75, 3.05) is 27.3 Å². The summed E-state index contributed by atoms with van der Waals surface area (Å²) >= 11 is 1.71. The fraction of sp³-hybridized carbons (Fsp3) is 0.348. The van der Waals surface area contributed by atoms with Crippen molar-refractivity contribution in [3.63, 3.8) is 0 Å². The lowest BCUT2D eigenvalue weighted by atomic mass is 10.1. The van der Waals surface area contributed by atoms with Crippen LogP contribution in [0.2, 0.25) is 0 Å². The van der Waals surface area contributed by atoms with E-state index in [-0.39, 0.29) is 11.9 Å². The fourth-order valence-electron chi connectivity index (χ4n) is 3.93. The zero-order chi connectivity index (χ0) is 20.4. The number of amides is 1. The second-order valence-corrected chi connectivity index (χ2v) is 8.78. The topological polar surface area (TPSA) is 50.8 Å². The molecular weight excluding hydrogens is 384 g/mol. The third-order valence-corrected chi connectivity index (χ3v) is 6.37. The molecule has 0 aliphatic carbocycles. The molecule has 1 aliphatic rings. The number of rotatable bonds is 6. The van der Waals surface area contributed by atoms with E-state index in [9.17, 15) is 4.79 Å². The lowest BCUT2D eigenvalue weighted by molar-refractivity contribution is 0.0934. The number of ether oxygens (including phenoxy) is 2. The SMILES string of the molecule is COc1cccc(CN2CCC(NC(=O)c3cc4cc(C)sc4cc3OC)C2)c1. The first-order valence-corrected chi connectivity index (χ1v) is 10.6. The molecule has 1 N–H and O–H groups in total. The Morgan fingerprint density at radius 1 is 1.21 bits per heavy atom. The van der Waals surface area contributed by atoms with Gasteiger partial charge in [0.25, 0.3) is 5.91 Å². The predicted molar refractivity (Wildman–Crippen MR) is 117 cm³/mol. The van der Waals surface area contributed by atoms with Crippen molar-refractivity contribution >= 4 is 27.3 Å². The molecule has 5 nitrogen and oxygen atoms in total. The van der Waals surface area contributed by atoms with Gasteiger partial charge >= 0.3 is 0 Å². The number of carbonyl (C=O) groups excluding carboxylic acids is 1. The number of likely N-dealkylation sites (tertiary alicyclic amines) is 1. The van der Waals surface area contributed by atoms with Gasteiger partial charge in [0.2, 0.25) is 0 Å². The number of fused-ring (bicyclic) bond motifs is 1. The Morgan fingerprint density at radius 2 is 2.07 bits per heavy atom. The molecule has 4 rings (SSSR count). The van der Waals surface area contributed by atoms with E-state index in [2.05, 4.69) is 35.3 Å². The summed E-state index contributed by atoms with van der Waals surface area (Å²) in [6.45, 7) is 4.73. The molecule has 0 radical (unpaired) electrons. The van der Waals surface area contributed by atoms with Crippen molar-refractivity contribution in [3.8, 4) is 11.5 Å². The quantitative estimate of drug-likeness (QED) is 0.661. The van der Waals surface area contributed by atoms with Gasteiger partial charge in [-0.3, -0.25) is 9.69 Å². The zero-order valence-corrected chi connectivity index (χ0v) is 17.8. The van der Waals surface area contributed by atoms with Gasteiger partial charge in [0.15, 0.2) is 0 Å². The maximum absolute atomic E-state index is 13.0. The number of nitrogens with zero attached hydrogens (tertiary/aromatic N) is 1. The summed E-state index contributed by atoms with van der Waals surface area (Å²) in [4.78, 5) is 16.5. The molecule has 1 amide bonds. The molecule has 1 aliphatic heterocycles. The maximum Gasteiger partial charge on any atom is 0.255 e. The summed E-state index contributed by atoms with van der Waals surface area (Å²) in [6.07, 6.45) is 0.942. The van der Waals surface area contributed by atoms with Gasteiger partial charge in [-0.2, -0.15) is 0 Å². The number of methoxy groups -OCH3 is 2.